The highest BCUT2D eigenvalue weighted by molar-refractivity contribution is 5.95. The Morgan fingerprint density at radius 3 is 2.58 bits per heavy atom. The number of carbonyl (C=O) groups is 1. The predicted octanol–water partition coefficient (Wildman–Crippen LogP) is 3.19. The number of hydrazone groups is 1. The molecule has 1 aromatic rings. The molecule has 26 heavy (non-hydrogen) atoms. The molecular weight excluding hydrogens is 347 g/mol. The molecule has 0 aromatic carbocycles. The van der Waals surface area contributed by atoms with Gasteiger partial charge in [-0.15, -0.1) is 0 Å². The third-order valence-electron chi connectivity index (χ3n) is 6.45. The SMILES string of the molecule is CC1(C)[C@@H]2CC[C@@]1(C)/C(=N/NC(=O)Cn1cc(C(F)(F)F)ccc1=O)C2. The lowest BCUT2D eigenvalue weighted by atomic mass is 9.70. The molecule has 2 saturated carbocycles. The number of carbonyl (C=O) groups excluding carboxylic acids is 1. The van der Waals surface area contributed by atoms with E-state index in [9.17, 15) is 22.8 Å². The summed E-state index contributed by atoms with van der Waals surface area (Å²) in [5, 5.41) is 4.25. The number of rotatable bonds is 3. The van der Waals surface area contributed by atoms with Crippen molar-refractivity contribution in [3.05, 3.63) is 34.2 Å². The summed E-state index contributed by atoms with van der Waals surface area (Å²) in [4.78, 5) is 23.8. The van der Waals surface area contributed by atoms with Crippen LogP contribution in [0.25, 0.3) is 0 Å². The van der Waals surface area contributed by atoms with Crippen molar-refractivity contribution in [2.24, 2.45) is 21.8 Å². The minimum Gasteiger partial charge on any atom is -0.305 e. The molecule has 1 aromatic heterocycles. The molecule has 0 aliphatic heterocycles. The molecule has 1 N–H and O–H groups in total. The van der Waals surface area contributed by atoms with E-state index in [1.54, 1.807) is 0 Å². The van der Waals surface area contributed by atoms with Gasteiger partial charge in [0.15, 0.2) is 0 Å². The molecule has 2 bridgehead atoms. The minimum atomic E-state index is -4.57. The van der Waals surface area contributed by atoms with Crippen LogP contribution in [0.5, 0.6) is 0 Å². The predicted molar refractivity (Wildman–Crippen MR) is 90.5 cm³/mol. The molecule has 2 aliphatic rings. The molecule has 0 radical (unpaired) electrons. The van der Waals surface area contributed by atoms with Gasteiger partial charge in [0.2, 0.25) is 0 Å². The number of pyridine rings is 1. The highest BCUT2D eigenvalue weighted by atomic mass is 19.4. The number of aromatic nitrogens is 1. The fraction of sp³-hybridized carbons (Fsp3) is 0.611. The van der Waals surface area contributed by atoms with Crippen LogP contribution < -0.4 is 11.0 Å². The Bertz CT molecular complexity index is 826. The van der Waals surface area contributed by atoms with Crippen LogP contribution in [0.15, 0.2) is 28.2 Å². The minimum absolute atomic E-state index is 0.0853. The lowest BCUT2D eigenvalue weighted by Gasteiger charge is -2.34. The summed E-state index contributed by atoms with van der Waals surface area (Å²) >= 11 is 0. The van der Waals surface area contributed by atoms with Crippen LogP contribution in [-0.4, -0.2) is 16.2 Å². The highest BCUT2D eigenvalue weighted by Gasteiger charge is 2.60. The molecule has 2 atom stereocenters. The number of nitrogens with zero attached hydrogens (tertiary/aromatic N) is 2. The van der Waals surface area contributed by atoms with Crippen molar-refractivity contribution in [1.29, 1.82) is 0 Å². The first-order valence-electron chi connectivity index (χ1n) is 8.59. The second-order valence-corrected chi connectivity index (χ2v) is 7.97. The molecule has 1 amide bonds. The Hall–Kier alpha value is -2.12. The second kappa shape index (κ2) is 5.96. The van der Waals surface area contributed by atoms with Gasteiger partial charge in [-0.05, 0) is 36.7 Å². The zero-order valence-corrected chi connectivity index (χ0v) is 15.0. The molecule has 0 saturated heterocycles. The van der Waals surface area contributed by atoms with Crippen molar-refractivity contribution in [1.82, 2.24) is 9.99 Å². The third-order valence-corrected chi connectivity index (χ3v) is 6.45. The van der Waals surface area contributed by atoms with Gasteiger partial charge >= 0.3 is 6.18 Å². The number of hydrogen-bond acceptors (Lipinski definition) is 3. The van der Waals surface area contributed by atoms with Gasteiger partial charge in [0.1, 0.15) is 6.54 Å². The smallest absolute Gasteiger partial charge is 0.305 e. The van der Waals surface area contributed by atoms with Gasteiger partial charge < -0.3 is 4.57 Å². The Labute approximate surface area is 149 Å². The monoisotopic (exact) mass is 369 g/mol. The van der Waals surface area contributed by atoms with Crippen molar-refractivity contribution < 1.29 is 18.0 Å². The summed E-state index contributed by atoms with van der Waals surface area (Å²) < 4.78 is 39.0. The van der Waals surface area contributed by atoms with E-state index in [-0.39, 0.29) is 10.8 Å². The molecule has 0 spiro atoms. The van der Waals surface area contributed by atoms with E-state index < -0.39 is 29.8 Å². The summed E-state index contributed by atoms with van der Waals surface area (Å²) in [6, 6.07) is 1.51. The first-order chi connectivity index (χ1) is 11.9. The maximum atomic E-state index is 12.8. The van der Waals surface area contributed by atoms with Crippen LogP contribution in [0.4, 0.5) is 13.2 Å². The van der Waals surface area contributed by atoms with Gasteiger partial charge in [-0.25, -0.2) is 5.43 Å². The van der Waals surface area contributed by atoms with E-state index >= 15 is 0 Å². The Balaban J connectivity index is 1.72. The van der Waals surface area contributed by atoms with Crippen molar-refractivity contribution in [3.63, 3.8) is 0 Å². The Morgan fingerprint density at radius 1 is 1.35 bits per heavy atom. The largest absolute Gasteiger partial charge is 0.417 e. The van der Waals surface area contributed by atoms with Crippen LogP contribution >= 0.6 is 0 Å². The van der Waals surface area contributed by atoms with Crippen molar-refractivity contribution in [2.75, 3.05) is 0 Å². The van der Waals surface area contributed by atoms with Crippen LogP contribution in [0, 0.1) is 16.7 Å². The van der Waals surface area contributed by atoms with Crippen molar-refractivity contribution >= 4 is 11.6 Å². The number of fused-ring (bicyclic) bond motifs is 2. The van der Waals surface area contributed by atoms with E-state index in [4.69, 9.17) is 0 Å². The highest BCUT2D eigenvalue weighted by Crippen LogP contribution is 2.63. The molecule has 5 nitrogen and oxygen atoms in total. The Morgan fingerprint density at radius 2 is 2.04 bits per heavy atom. The zero-order chi connectivity index (χ0) is 19.3. The van der Waals surface area contributed by atoms with Gasteiger partial charge in [-0.2, -0.15) is 18.3 Å². The number of nitrogens with one attached hydrogen (secondary N) is 1. The maximum Gasteiger partial charge on any atom is 0.417 e. The molecule has 0 unspecified atom stereocenters. The third kappa shape index (κ3) is 2.95. The molecule has 2 aliphatic carbocycles. The summed E-state index contributed by atoms with van der Waals surface area (Å²) in [5.74, 6) is -0.0997. The maximum absolute atomic E-state index is 12.8. The summed E-state index contributed by atoms with van der Waals surface area (Å²) in [5.41, 5.74) is 1.71. The normalized spacial score (nSPS) is 28.5. The van der Waals surface area contributed by atoms with E-state index in [0.717, 1.165) is 35.6 Å². The van der Waals surface area contributed by atoms with Crippen molar-refractivity contribution in [2.45, 2.75) is 52.8 Å². The molecule has 142 valence electrons. The number of alkyl halides is 3. The second-order valence-electron chi connectivity index (χ2n) is 7.97. The van der Waals surface area contributed by atoms with Gasteiger partial charge in [0.05, 0.1) is 5.56 Å². The fourth-order valence-corrected chi connectivity index (χ4v) is 4.24. The van der Waals surface area contributed by atoms with E-state index in [1.807, 2.05) is 0 Å². The summed E-state index contributed by atoms with van der Waals surface area (Å²) in [7, 11) is 0. The topological polar surface area (TPSA) is 63.5 Å². The number of hydrogen-bond donors (Lipinski definition) is 1. The first-order valence-corrected chi connectivity index (χ1v) is 8.59. The average Bonchev–Trinajstić information content (AvgIpc) is 2.87. The quantitative estimate of drug-likeness (QED) is 0.832. The van der Waals surface area contributed by atoms with E-state index in [0.29, 0.717) is 18.2 Å². The average molecular weight is 369 g/mol. The van der Waals surface area contributed by atoms with Crippen LogP contribution in [0.2, 0.25) is 0 Å². The molecule has 8 heteroatoms. The molecule has 1 heterocycles. The standard InChI is InChI=1S/C18H22F3N3O2/c1-16(2)11-6-7-17(16,3)13(8-11)22-23-14(25)10-24-9-12(18(19,20)21)4-5-15(24)26/h4-5,9,11H,6-8,10H2,1-3H3,(H,23,25)/b22-13+/t11-,17+/m1/s1. The molecule has 2 fully saturated rings. The molecular formula is C18H22F3N3O2. The number of amides is 1. The van der Waals surface area contributed by atoms with Crippen molar-refractivity contribution in [3.8, 4) is 0 Å². The lowest BCUT2D eigenvalue weighted by Crippen LogP contribution is -2.35. The van der Waals surface area contributed by atoms with E-state index in [1.165, 1.54) is 0 Å². The van der Waals surface area contributed by atoms with Crippen LogP contribution in [-0.2, 0) is 17.5 Å². The van der Waals surface area contributed by atoms with Crippen LogP contribution in [0.3, 0.4) is 0 Å². The summed E-state index contributed by atoms with van der Waals surface area (Å²) in [6.45, 7) is 6.04. The number of halogens is 3. The van der Waals surface area contributed by atoms with Gasteiger partial charge in [0, 0.05) is 23.4 Å². The lowest BCUT2D eigenvalue weighted by molar-refractivity contribution is -0.138. The zero-order valence-electron chi connectivity index (χ0n) is 15.0. The summed E-state index contributed by atoms with van der Waals surface area (Å²) in [6.07, 6.45) is -0.970. The van der Waals surface area contributed by atoms with Gasteiger partial charge in [-0.1, -0.05) is 20.8 Å². The fourth-order valence-electron chi connectivity index (χ4n) is 4.24. The first kappa shape index (κ1) is 18.7. The van der Waals surface area contributed by atoms with E-state index in [2.05, 4.69) is 31.3 Å². The molecule has 3 rings (SSSR count). The Kier molecular flexibility index (Phi) is 4.28. The van der Waals surface area contributed by atoms with Gasteiger partial charge in [0.25, 0.3) is 11.5 Å². The van der Waals surface area contributed by atoms with Gasteiger partial charge in [-0.3, -0.25) is 9.59 Å². The van der Waals surface area contributed by atoms with Crippen LogP contribution in [0.1, 0.15) is 45.6 Å².